The third-order valence-corrected chi connectivity index (χ3v) is 8.03. The number of fused-ring (bicyclic) bond motifs is 1. The first-order valence-electron chi connectivity index (χ1n) is 14.9. The number of rotatable bonds is 10. The summed E-state index contributed by atoms with van der Waals surface area (Å²) in [6, 6.07) is 16.7. The predicted molar refractivity (Wildman–Crippen MR) is 163 cm³/mol. The maximum atomic E-state index is 13.6. The summed E-state index contributed by atoms with van der Waals surface area (Å²) in [4.78, 5) is 46.2. The summed E-state index contributed by atoms with van der Waals surface area (Å²) in [6.07, 6.45) is 1.26. The summed E-state index contributed by atoms with van der Waals surface area (Å²) in [5.41, 5.74) is 3.39. The summed E-state index contributed by atoms with van der Waals surface area (Å²) >= 11 is 0. The lowest BCUT2D eigenvalue weighted by Gasteiger charge is -2.34. The van der Waals surface area contributed by atoms with E-state index >= 15 is 0 Å². The van der Waals surface area contributed by atoms with Crippen molar-refractivity contribution >= 4 is 29.4 Å². The van der Waals surface area contributed by atoms with E-state index in [0.717, 1.165) is 56.7 Å². The molecule has 11 heteroatoms. The van der Waals surface area contributed by atoms with E-state index in [1.54, 1.807) is 17.0 Å². The molecule has 0 saturated carbocycles. The van der Waals surface area contributed by atoms with Crippen LogP contribution in [0.15, 0.2) is 54.6 Å². The zero-order valence-electron chi connectivity index (χ0n) is 25.1. The number of hydrogen-bond donors (Lipinski definition) is 1. The molecule has 0 radical (unpaired) electrons. The van der Waals surface area contributed by atoms with E-state index in [0.29, 0.717) is 16.8 Å². The number of nitrogens with zero attached hydrogens (tertiary/aromatic N) is 5. The van der Waals surface area contributed by atoms with Crippen LogP contribution in [0.1, 0.15) is 59.5 Å². The summed E-state index contributed by atoms with van der Waals surface area (Å²) in [5, 5.41) is 7.32. The summed E-state index contributed by atoms with van der Waals surface area (Å²) in [5.74, 6) is -0.361. The number of nitrogens with one attached hydrogen (secondary N) is 1. The van der Waals surface area contributed by atoms with Gasteiger partial charge in [-0.1, -0.05) is 50.1 Å². The van der Waals surface area contributed by atoms with Gasteiger partial charge in [0.1, 0.15) is 0 Å². The molecule has 0 aliphatic carbocycles. The molecule has 1 fully saturated rings. The standard InChI is InChI=1S/C32H40N6O5/c1-4-5-9-20-43-32(41)38-27-22-37(31(40)28(42-3)23-10-7-6-8-11-23)21-26(27)29(34-38)33-30(39)24-12-14-25(15-13-24)36-18-16-35(2)17-19-36/h6-8,10-15,28H,4-5,9,16-22H2,1-3H3,(H,33,34,39)/t28-/m1/s1. The summed E-state index contributed by atoms with van der Waals surface area (Å²) in [6.45, 7) is 6.50. The molecule has 1 saturated heterocycles. The first-order valence-corrected chi connectivity index (χ1v) is 14.9. The molecule has 5 rings (SSSR count). The van der Waals surface area contributed by atoms with Gasteiger partial charge in [-0.3, -0.25) is 9.59 Å². The Morgan fingerprint density at radius 3 is 2.35 bits per heavy atom. The predicted octanol–water partition coefficient (Wildman–Crippen LogP) is 4.29. The van der Waals surface area contributed by atoms with Crippen molar-refractivity contribution in [2.24, 2.45) is 0 Å². The molecule has 1 atom stereocenters. The Kier molecular flexibility index (Phi) is 9.73. The Labute approximate surface area is 252 Å². The highest BCUT2D eigenvalue weighted by atomic mass is 16.6. The third-order valence-electron chi connectivity index (χ3n) is 8.03. The number of benzene rings is 2. The van der Waals surface area contributed by atoms with Crippen LogP contribution in [0, 0.1) is 0 Å². The number of ether oxygens (including phenoxy) is 2. The van der Waals surface area contributed by atoms with Gasteiger partial charge in [0.05, 0.1) is 25.4 Å². The number of aromatic nitrogens is 2. The Morgan fingerprint density at radius 2 is 1.67 bits per heavy atom. The Bertz CT molecular complexity index is 1420. The van der Waals surface area contributed by atoms with Crippen LogP contribution in [0.2, 0.25) is 0 Å². The first kappa shape index (κ1) is 30.2. The molecule has 0 unspecified atom stereocenters. The van der Waals surface area contributed by atoms with Gasteiger partial charge in [-0.15, -0.1) is 5.10 Å². The van der Waals surface area contributed by atoms with E-state index < -0.39 is 12.2 Å². The van der Waals surface area contributed by atoms with Crippen LogP contribution in [-0.4, -0.2) is 84.4 Å². The highest BCUT2D eigenvalue weighted by Crippen LogP contribution is 2.33. The second-order valence-electron chi connectivity index (χ2n) is 11.0. The van der Waals surface area contributed by atoms with E-state index in [2.05, 4.69) is 34.2 Å². The topological polar surface area (TPSA) is 109 Å². The Balaban J connectivity index is 1.34. The summed E-state index contributed by atoms with van der Waals surface area (Å²) < 4.78 is 12.2. The fraction of sp³-hybridized carbons (Fsp3) is 0.438. The number of likely N-dealkylation sites (N-methyl/N-ethyl adjacent to an activating group) is 1. The number of carbonyl (C=O) groups is 3. The van der Waals surface area contributed by atoms with Crippen molar-refractivity contribution in [2.45, 2.75) is 45.4 Å². The van der Waals surface area contributed by atoms with Crippen LogP contribution in [0.25, 0.3) is 0 Å². The van der Waals surface area contributed by atoms with Gasteiger partial charge in [0, 0.05) is 50.1 Å². The Morgan fingerprint density at radius 1 is 0.953 bits per heavy atom. The molecular formula is C32H40N6O5. The molecule has 11 nitrogen and oxygen atoms in total. The lowest BCUT2D eigenvalue weighted by Crippen LogP contribution is -2.44. The van der Waals surface area contributed by atoms with Gasteiger partial charge < -0.3 is 29.5 Å². The molecule has 2 amide bonds. The van der Waals surface area contributed by atoms with Crippen molar-refractivity contribution in [1.82, 2.24) is 19.6 Å². The maximum Gasteiger partial charge on any atom is 0.435 e. The normalized spacial score (nSPS) is 15.7. The quantitative estimate of drug-likeness (QED) is 0.350. The molecule has 2 aromatic carbocycles. The molecule has 3 aromatic rings. The van der Waals surface area contributed by atoms with Gasteiger partial charge in [0.25, 0.3) is 11.8 Å². The van der Waals surface area contributed by atoms with Gasteiger partial charge in [-0.25, -0.2) is 4.79 Å². The van der Waals surface area contributed by atoms with E-state index in [1.165, 1.54) is 11.8 Å². The van der Waals surface area contributed by atoms with E-state index in [-0.39, 0.29) is 37.3 Å². The lowest BCUT2D eigenvalue weighted by atomic mass is 10.1. The summed E-state index contributed by atoms with van der Waals surface area (Å²) in [7, 11) is 3.61. The van der Waals surface area contributed by atoms with Crippen molar-refractivity contribution in [1.29, 1.82) is 0 Å². The first-order chi connectivity index (χ1) is 20.9. The smallest absolute Gasteiger partial charge is 0.435 e. The Hall–Kier alpha value is -4.22. The molecule has 43 heavy (non-hydrogen) atoms. The van der Waals surface area contributed by atoms with Gasteiger partial charge >= 0.3 is 6.09 Å². The molecule has 2 aliphatic rings. The van der Waals surface area contributed by atoms with Crippen molar-refractivity contribution in [3.05, 3.63) is 77.0 Å². The average molecular weight is 589 g/mol. The largest absolute Gasteiger partial charge is 0.448 e. The molecule has 2 aliphatic heterocycles. The minimum absolute atomic E-state index is 0.132. The van der Waals surface area contributed by atoms with Gasteiger partial charge in [0.2, 0.25) is 0 Å². The maximum absolute atomic E-state index is 13.6. The molecule has 3 heterocycles. The van der Waals surface area contributed by atoms with E-state index in [1.807, 2.05) is 42.5 Å². The highest BCUT2D eigenvalue weighted by molar-refractivity contribution is 6.04. The minimum Gasteiger partial charge on any atom is -0.448 e. The number of anilines is 2. The van der Waals surface area contributed by atoms with Crippen LogP contribution >= 0.6 is 0 Å². The van der Waals surface area contributed by atoms with Gasteiger partial charge in [-0.2, -0.15) is 4.68 Å². The fourth-order valence-corrected chi connectivity index (χ4v) is 5.46. The van der Waals surface area contributed by atoms with Crippen LogP contribution < -0.4 is 10.2 Å². The SMILES string of the molecule is CCCCCOC(=O)n1nc(NC(=O)c2ccc(N3CCN(C)CC3)cc2)c2c1CN(C(=O)[C@H](OC)c1ccccc1)C2. The second-order valence-corrected chi connectivity index (χ2v) is 11.0. The van der Waals surface area contributed by atoms with E-state index in [9.17, 15) is 14.4 Å². The molecule has 1 N–H and O–H groups in total. The third kappa shape index (κ3) is 6.89. The monoisotopic (exact) mass is 588 g/mol. The van der Waals surface area contributed by atoms with Crippen molar-refractivity contribution < 1.29 is 23.9 Å². The second kappa shape index (κ2) is 13.8. The number of unbranched alkanes of at least 4 members (excludes halogenated alkanes) is 2. The van der Waals surface area contributed by atoms with Crippen LogP contribution in [-0.2, 0) is 27.4 Å². The zero-order chi connectivity index (χ0) is 30.3. The number of amides is 2. The molecule has 0 spiro atoms. The van der Waals surface area contributed by atoms with Gasteiger partial charge in [-0.05, 0) is 43.3 Å². The molecule has 0 bridgehead atoms. The highest BCUT2D eigenvalue weighted by Gasteiger charge is 2.36. The fourth-order valence-electron chi connectivity index (χ4n) is 5.46. The number of carbonyl (C=O) groups excluding carboxylic acids is 3. The van der Waals surface area contributed by atoms with Crippen LogP contribution in [0.3, 0.4) is 0 Å². The van der Waals surface area contributed by atoms with Crippen LogP contribution in [0.5, 0.6) is 0 Å². The average Bonchev–Trinajstić information content (AvgIpc) is 3.61. The van der Waals surface area contributed by atoms with Crippen molar-refractivity contribution in [2.75, 3.05) is 57.2 Å². The minimum atomic E-state index is -0.801. The van der Waals surface area contributed by atoms with Gasteiger partial charge in [0.15, 0.2) is 11.9 Å². The van der Waals surface area contributed by atoms with E-state index in [4.69, 9.17) is 9.47 Å². The zero-order valence-corrected chi connectivity index (χ0v) is 25.1. The molecule has 1 aromatic heterocycles. The van der Waals surface area contributed by atoms with Crippen LogP contribution in [0.4, 0.5) is 16.3 Å². The number of methoxy groups -OCH3 is 1. The molecule has 228 valence electrons. The lowest BCUT2D eigenvalue weighted by molar-refractivity contribution is -0.143. The number of piperazine rings is 1. The van der Waals surface area contributed by atoms with Crippen molar-refractivity contribution in [3.63, 3.8) is 0 Å². The molecular weight excluding hydrogens is 548 g/mol. The van der Waals surface area contributed by atoms with Crippen molar-refractivity contribution in [3.8, 4) is 0 Å². The number of hydrogen-bond acceptors (Lipinski definition) is 8.